The largest absolute Gasteiger partial charge is 0.377 e. The van der Waals surface area contributed by atoms with E-state index in [1.54, 1.807) is 18.5 Å². The van der Waals surface area contributed by atoms with Gasteiger partial charge in [0, 0.05) is 18.4 Å². The number of aromatic nitrogens is 1. The molecule has 0 saturated carbocycles. The zero-order valence-corrected chi connectivity index (χ0v) is 10.8. The summed E-state index contributed by atoms with van der Waals surface area (Å²) in [5.74, 6) is 0. The van der Waals surface area contributed by atoms with E-state index in [0.29, 0.717) is 10.0 Å². The van der Waals surface area contributed by atoms with Crippen LogP contribution in [0.5, 0.6) is 0 Å². The smallest absolute Gasteiger partial charge is 0.0595 e. The van der Waals surface area contributed by atoms with E-state index in [1.165, 1.54) is 0 Å². The fourth-order valence-corrected chi connectivity index (χ4v) is 1.87. The zero-order valence-electron chi connectivity index (χ0n) is 9.32. The van der Waals surface area contributed by atoms with E-state index in [4.69, 9.17) is 23.2 Å². The molecule has 0 aliphatic carbocycles. The van der Waals surface area contributed by atoms with Gasteiger partial charge in [-0.1, -0.05) is 29.3 Å². The molecule has 2 nitrogen and oxygen atoms in total. The van der Waals surface area contributed by atoms with E-state index in [9.17, 15) is 0 Å². The fourth-order valence-electron chi connectivity index (χ4n) is 1.56. The predicted molar refractivity (Wildman–Crippen MR) is 72.7 cm³/mol. The molecule has 1 heterocycles. The number of nitrogens with one attached hydrogen (secondary N) is 1. The summed E-state index contributed by atoms with van der Waals surface area (Å²) >= 11 is 11.9. The minimum atomic E-state index is 0.147. The molecule has 0 amide bonds. The van der Waals surface area contributed by atoms with Crippen LogP contribution < -0.4 is 5.32 Å². The minimum absolute atomic E-state index is 0.147. The van der Waals surface area contributed by atoms with E-state index in [-0.39, 0.29) is 6.04 Å². The molecule has 1 aromatic heterocycles. The lowest BCUT2D eigenvalue weighted by Gasteiger charge is -2.15. The first-order valence-corrected chi connectivity index (χ1v) is 6.04. The molecule has 0 radical (unpaired) electrons. The van der Waals surface area contributed by atoms with E-state index >= 15 is 0 Å². The van der Waals surface area contributed by atoms with Gasteiger partial charge in [-0.3, -0.25) is 4.98 Å². The van der Waals surface area contributed by atoms with Crippen LogP contribution in [0.2, 0.25) is 10.0 Å². The van der Waals surface area contributed by atoms with Crippen molar-refractivity contribution in [2.75, 3.05) is 5.32 Å². The first kappa shape index (κ1) is 12.2. The van der Waals surface area contributed by atoms with Crippen molar-refractivity contribution in [3.8, 4) is 0 Å². The Kier molecular flexibility index (Phi) is 3.87. The van der Waals surface area contributed by atoms with Crippen LogP contribution in [0, 0.1) is 0 Å². The quantitative estimate of drug-likeness (QED) is 0.881. The summed E-state index contributed by atoms with van der Waals surface area (Å²) in [6.45, 7) is 2.06. The molecule has 88 valence electrons. The third-order valence-corrected chi connectivity index (χ3v) is 3.23. The molecule has 0 spiro atoms. The fraction of sp³-hybridized carbons (Fsp3) is 0.154. The van der Waals surface area contributed by atoms with Gasteiger partial charge in [0.05, 0.1) is 15.7 Å². The summed E-state index contributed by atoms with van der Waals surface area (Å²) in [6, 6.07) is 9.65. The first-order valence-electron chi connectivity index (χ1n) is 5.28. The number of anilines is 1. The van der Waals surface area contributed by atoms with Gasteiger partial charge < -0.3 is 5.32 Å². The van der Waals surface area contributed by atoms with Crippen LogP contribution in [0.15, 0.2) is 42.7 Å². The predicted octanol–water partition coefficient (Wildman–Crippen LogP) is 4.56. The number of pyridine rings is 1. The minimum Gasteiger partial charge on any atom is -0.377 e. The van der Waals surface area contributed by atoms with E-state index in [2.05, 4.69) is 17.2 Å². The Morgan fingerprint density at radius 2 is 2.00 bits per heavy atom. The van der Waals surface area contributed by atoms with Crippen LogP contribution in [-0.2, 0) is 0 Å². The standard InChI is InChI=1S/C13H12Cl2N2/c1-9(17-11-3-2-6-16-8-11)10-4-5-12(14)13(15)7-10/h2-9,17H,1H3. The lowest BCUT2D eigenvalue weighted by atomic mass is 10.1. The molecule has 1 atom stereocenters. The van der Waals surface area contributed by atoms with Crippen LogP contribution >= 0.6 is 23.2 Å². The van der Waals surface area contributed by atoms with E-state index in [1.807, 2.05) is 24.3 Å². The molecule has 1 unspecified atom stereocenters. The lowest BCUT2D eigenvalue weighted by molar-refractivity contribution is 0.883. The lowest BCUT2D eigenvalue weighted by Crippen LogP contribution is -2.06. The van der Waals surface area contributed by atoms with Crippen molar-refractivity contribution in [3.63, 3.8) is 0 Å². The average molecular weight is 267 g/mol. The number of rotatable bonds is 3. The summed E-state index contributed by atoms with van der Waals surface area (Å²) in [6.07, 6.45) is 3.53. The molecule has 0 aliphatic rings. The van der Waals surface area contributed by atoms with Crippen LogP contribution in [0.3, 0.4) is 0 Å². The number of hydrogen-bond donors (Lipinski definition) is 1. The molecule has 0 aliphatic heterocycles. The highest BCUT2D eigenvalue weighted by atomic mass is 35.5. The highest BCUT2D eigenvalue weighted by Crippen LogP contribution is 2.26. The Hall–Kier alpha value is -1.25. The third kappa shape index (κ3) is 3.11. The Morgan fingerprint density at radius 1 is 1.18 bits per heavy atom. The summed E-state index contributed by atoms with van der Waals surface area (Å²) < 4.78 is 0. The van der Waals surface area contributed by atoms with Gasteiger partial charge in [0.25, 0.3) is 0 Å². The van der Waals surface area contributed by atoms with Gasteiger partial charge in [-0.15, -0.1) is 0 Å². The van der Waals surface area contributed by atoms with Gasteiger partial charge in [-0.25, -0.2) is 0 Å². The van der Waals surface area contributed by atoms with Gasteiger partial charge >= 0.3 is 0 Å². The molecule has 2 aromatic rings. The second kappa shape index (κ2) is 5.39. The highest BCUT2D eigenvalue weighted by Gasteiger charge is 2.07. The second-order valence-corrected chi connectivity index (χ2v) is 4.60. The van der Waals surface area contributed by atoms with Crippen molar-refractivity contribution in [2.45, 2.75) is 13.0 Å². The van der Waals surface area contributed by atoms with Crippen LogP contribution in [0.1, 0.15) is 18.5 Å². The Balaban J connectivity index is 2.14. The maximum atomic E-state index is 5.99. The Labute approximate surface area is 111 Å². The topological polar surface area (TPSA) is 24.9 Å². The van der Waals surface area contributed by atoms with E-state index < -0.39 is 0 Å². The maximum absolute atomic E-state index is 5.99. The maximum Gasteiger partial charge on any atom is 0.0595 e. The number of halogens is 2. The monoisotopic (exact) mass is 266 g/mol. The summed E-state index contributed by atoms with van der Waals surface area (Å²) in [7, 11) is 0. The number of hydrogen-bond acceptors (Lipinski definition) is 2. The van der Waals surface area contributed by atoms with Crippen LogP contribution in [0.25, 0.3) is 0 Å². The molecule has 0 saturated heterocycles. The summed E-state index contributed by atoms with van der Waals surface area (Å²) in [5, 5.41) is 4.49. The Morgan fingerprint density at radius 3 is 2.65 bits per heavy atom. The first-order chi connectivity index (χ1) is 8.16. The van der Waals surface area contributed by atoms with Crippen molar-refractivity contribution in [1.82, 2.24) is 4.98 Å². The van der Waals surface area contributed by atoms with Crippen molar-refractivity contribution < 1.29 is 0 Å². The van der Waals surface area contributed by atoms with Gasteiger partial charge in [0.1, 0.15) is 0 Å². The molecule has 1 N–H and O–H groups in total. The summed E-state index contributed by atoms with van der Waals surface area (Å²) in [4.78, 5) is 4.05. The van der Waals surface area contributed by atoms with Crippen molar-refractivity contribution in [1.29, 1.82) is 0 Å². The van der Waals surface area contributed by atoms with Gasteiger partial charge in [0.2, 0.25) is 0 Å². The third-order valence-electron chi connectivity index (χ3n) is 2.49. The number of benzene rings is 1. The molecule has 0 bridgehead atoms. The number of nitrogens with zero attached hydrogens (tertiary/aromatic N) is 1. The van der Waals surface area contributed by atoms with Crippen LogP contribution in [-0.4, -0.2) is 4.98 Å². The summed E-state index contributed by atoms with van der Waals surface area (Å²) in [5.41, 5.74) is 2.06. The van der Waals surface area contributed by atoms with Crippen molar-refractivity contribution >= 4 is 28.9 Å². The average Bonchev–Trinajstić information content (AvgIpc) is 2.34. The van der Waals surface area contributed by atoms with Gasteiger partial charge in [-0.2, -0.15) is 0 Å². The van der Waals surface area contributed by atoms with E-state index in [0.717, 1.165) is 11.3 Å². The van der Waals surface area contributed by atoms with Crippen LogP contribution in [0.4, 0.5) is 5.69 Å². The molecule has 2 rings (SSSR count). The highest BCUT2D eigenvalue weighted by molar-refractivity contribution is 6.42. The SMILES string of the molecule is CC(Nc1cccnc1)c1ccc(Cl)c(Cl)c1. The molecule has 17 heavy (non-hydrogen) atoms. The second-order valence-electron chi connectivity index (χ2n) is 3.78. The van der Waals surface area contributed by atoms with Gasteiger partial charge in [0.15, 0.2) is 0 Å². The molecule has 0 fully saturated rings. The molecular formula is C13H12Cl2N2. The molecule has 1 aromatic carbocycles. The molecular weight excluding hydrogens is 255 g/mol. The van der Waals surface area contributed by atoms with Crippen molar-refractivity contribution in [2.24, 2.45) is 0 Å². The van der Waals surface area contributed by atoms with Crippen molar-refractivity contribution in [3.05, 3.63) is 58.3 Å². The Bertz CT molecular complexity index is 500. The van der Waals surface area contributed by atoms with Gasteiger partial charge in [-0.05, 0) is 36.8 Å². The normalized spacial score (nSPS) is 12.2. The zero-order chi connectivity index (χ0) is 12.3. The molecule has 4 heteroatoms.